The van der Waals surface area contributed by atoms with Crippen molar-refractivity contribution in [2.24, 2.45) is 0 Å². The van der Waals surface area contributed by atoms with E-state index in [1.807, 2.05) is 51.1 Å². The van der Waals surface area contributed by atoms with Crippen LogP contribution in [0.1, 0.15) is 37.2 Å². The SMILES string of the molecule is CCOc1ccc(NC(=O)CNC(=O)c2cc(-c3ccccc3)nc3c2cnn3C(C)C)cc1. The third-order valence-electron chi connectivity index (χ3n) is 5.23. The van der Waals surface area contributed by atoms with Crippen LogP contribution >= 0.6 is 0 Å². The molecule has 174 valence electrons. The maximum absolute atomic E-state index is 13.1. The van der Waals surface area contributed by atoms with Crippen molar-refractivity contribution in [2.45, 2.75) is 26.8 Å². The highest BCUT2D eigenvalue weighted by atomic mass is 16.5. The lowest BCUT2D eigenvalue weighted by Gasteiger charge is -2.11. The van der Waals surface area contributed by atoms with Crippen molar-refractivity contribution in [1.82, 2.24) is 20.1 Å². The van der Waals surface area contributed by atoms with Gasteiger partial charge in [-0.1, -0.05) is 30.3 Å². The van der Waals surface area contributed by atoms with Crippen molar-refractivity contribution in [2.75, 3.05) is 18.5 Å². The Balaban J connectivity index is 1.54. The molecule has 8 heteroatoms. The second kappa shape index (κ2) is 10.2. The number of pyridine rings is 1. The fourth-order valence-electron chi connectivity index (χ4n) is 3.60. The van der Waals surface area contributed by atoms with Gasteiger partial charge < -0.3 is 15.4 Å². The van der Waals surface area contributed by atoms with Crippen LogP contribution in [0.3, 0.4) is 0 Å². The van der Waals surface area contributed by atoms with E-state index in [4.69, 9.17) is 9.72 Å². The number of amides is 2. The summed E-state index contributed by atoms with van der Waals surface area (Å²) in [5.41, 5.74) is 3.23. The number of benzene rings is 2. The molecule has 2 N–H and O–H groups in total. The van der Waals surface area contributed by atoms with Gasteiger partial charge in [-0.25, -0.2) is 9.67 Å². The number of nitrogens with one attached hydrogen (secondary N) is 2. The molecule has 0 atom stereocenters. The van der Waals surface area contributed by atoms with E-state index in [1.165, 1.54) is 0 Å². The summed E-state index contributed by atoms with van der Waals surface area (Å²) in [6.07, 6.45) is 1.64. The molecule has 2 heterocycles. The average molecular weight is 458 g/mol. The molecular formula is C26H27N5O3. The van der Waals surface area contributed by atoms with E-state index in [-0.39, 0.29) is 24.4 Å². The Hall–Kier alpha value is -4.20. The van der Waals surface area contributed by atoms with Crippen LogP contribution in [0.4, 0.5) is 5.69 Å². The van der Waals surface area contributed by atoms with Crippen molar-refractivity contribution in [3.63, 3.8) is 0 Å². The van der Waals surface area contributed by atoms with Crippen molar-refractivity contribution in [3.05, 3.63) is 72.4 Å². The molecule has 4 aromatic rings. The Kier molecular flexibility index (Phi) is 6.87. The van der Waals surface area contributed by atoms with E-state index in [0.717, 1.165) is 11.3 Å². The van der Waals surface area contributed by atoms with Crippen LogP contribution in [-0.4, -0.2) is 39.7 Å². The number of nitrogens with zero attached hydrogens (tertiary/aromatic N) is 3. The first-order valence-corrected chi connectivity index (χ1v) is 11.2. The van der Waals surface area contributed by atoms with E-state index >= 15 is 0 Å². The molecule has 2 aromatic heterocycles. The molecule has 2 aromatic carbocycles. The lowest BCUT2D eigenvalue weighted by molar-refractivity contribution is -0.115. The molecule has 0 saturated heterocycles. The Morgan fingerprint density at radius 2 is 1.79 bits per heavy atom. The van der Waals surface area contributed by atoms with Gasteiger partial charge in [0.2, 0.25) is 5.91 Å². The third kappa shape index (κ3) is 5.06. The summed E-state index contributed by atoms with van der Waals surface area (Å²) in [6.45, 7) is 6.32. The van der Waals surface area contributed by atoms with Crippen molar-refractivity contribution in [3.8, 4) is 17.0 Å². The maximum atomic E-state index is 13.1. The third-order valence-corrected chi connectivity index (χ3v) is 5.23. The van der Waals surface area contributed by atoms with Crippen LogP contribution in [0.5, 0.6) is 5.75 Å². The minimum absolute atomic E-state index is 0.0758. The van der Waals surface area contributed by atoms with Crippen LogP contribution in [0.25, 0.3) is 22.3 Å². The first-order valence-electron chi connectivity index (χ1n) is 11.2. The number of aromatic nitrogens is 3. The molecule has 8 nitrogen and oxygen atoms in total. The molecule has 34 heavy (non-hydrogen) atoms. The number of carbonyl (C=O) groups excluding carboxylic acids is 2. The van der Waals surface area contributed by atoms with Gasteiger partial charge in [0.1, 0.15) is 5.75 Å². The van der Waals surface area contributed by atoms with Crippen LogP contribution in [0.2, 0.25) is 0 Å². The summed E-state index contributed by atoms with van der Waals surface area (Å²) in [4.78, 5) is 30.3. The molecule has 0 aliphatic rings. The van der Waals surface area contributed by atoms with Crippen LogP contribution in [-0.2, 0) is 4.79 Å². The summed E-state index contributed by atoms with van der Waals surface area (Å²) < 4.78 is 7.19. The fourth-order valence-corrected chi connectivity index (χ4v) is 3.60. The Morgan fingerprint density at radius 1 is 1.06 bits per heavy atom. The molecule has 2 amide bonds. The van der Waals surface area contributed by atoms with Gasteiger partial charge in [-0.05, 0) is 51.1 Å². The first kappa shape index (κ1) is 23.0. The van der Waals surface area contributed by atoms with Gasteiger partial charge in [0.05, 0.1) is 36.0 Å². The van der Waals surface area contributed by atoms with Gasteiger partial charge in [0.25, 0.3) is 5.91 Å². The molecule has 0 unspecified atom stereocenters. The standard InChI is InChI=1S/C26H27N5O3/c1-4-34-20-12-10-19(11-13-20)29-24(32)16-27-26(33)21-14-23(18-8-6-5-7-9-18)30-25-22(21)15-28-31(25)17(2)3/h5-15,17H,4,16H2,1-3H3,(H,27,33)(H,29,32). The second-order valence-corrected chi connectivity index (χ2v) is 8.03. The highest BCUT2D eigenvalue weighted by Gasteiger charge is 2.19. The summed E-state index contributed by atoms with van der Waals surface area (Å²) in [7, 11) is 0. The number of hydrogen-bond acceptors (Lipinski definition) is 5. The smallest absolute Gasteiger partial charge is 0.252 e. The summed E-state index contributed by atoms with van der Waals surface area (Å²) in [5, 5.41) is 10.6. The van der Waals surface area contributed by atoms with Crippen LogP contribution in [0.15, 0.2) is 66.9 Å². The number of anilines is 1. The van der Waals surface area contributed by atoms with Crippen molar-refractivity contribution in [1.29, 1.82) is 0 Å². The predicted octanol–water partition coefficient (Wildman–Crippen LogP) is 4.45. The quantitative estimate of drug-likeness (QED) is 0.407. The zero-order valence-electron chi connectivity index (χ0n) is 19.4. The molecule has 0 aliphatic heterocycles. The number of carbonyl (C=O) groups is 2. The molecule has 0 aliphatic carbocycles. The Labute approximate surface area is 198 Å². The Bertz CT molecular complexity index is 1300. The van der Waals surface area contributed by atoms with Crippen LogP contribution < -0.4 is 15.4 Å². The average Bonchev–Trinajstić information content (AvgIpc) is 3.28. The number of hydrogen-bond donors (Lipinski definition) is 2. The molecular weight excluding hydrogens is 430 g/mol. The van der Waals surface area contributed by atoms with Crippen LogP contribution in [0, 0.1) is 0 Å². The molecule has 0 bridgehead atoms. The summed E-state index contributed by atoms with van der Waals surface area (Å²) in [5.74, 6) is 0.0327. The monoisotopic (exact) mass is 457 g/mol. The van der Waals surface area contributed by atoms with Gasteiger partial charge in [0, 0.05) is 17.3 Å². The van der Waals surface area contributed by atoms with Gasteiger partial charge in [-0.2, -0.15) is 5.10 Å². The minimum atomic E-state index is -0.366. The van der Waals surface area contributed by atoms with E-state index < -0.39 is 0 Å². The predicted molar refractivity (Wildman–Crippen MR) is 132 cm³/mol. The van der Waals surface area contributed by atoms with Crippen molar-refractivity contribution < 1.29 is 14.3 Å². The largest absolute Gasteiger partial charge is 0.494 e. The lowest BCUT2D eigenvalue weighted by atomic mass is 10.1. The van der Waals surface area contributed by atoms with Gasteiger partial charge in [-0.3, -0.25) is 9.59 Å². The minimum Gasteiger partial charge on any atom is -0.494 e. The second-order valence-electron chi connectivity index (χ2n) is 8.03. The molecule has 0 fully saturated rings. The van der Waals surface area contributed by atoms with Gasteiger partial charge in [-0.15, -0.1) is 0 Å². The van der Waals surface area contributed by atoms with Gasteiger partial charge in [0.15, 0.2) is 5.65 Å². The normalized spacial score (nSPS) is 10.9. The summed E-state index contributed by atoms with van der Waals surface area (Å²) in [6, 6.07) is 18.5. The highest BCUT2D eigenvalue weighted by molar-refractivity contribution is 6.08. The number of ether oxygens (including phenoxy) is 1. The zero-order valence-corrected chi connectivity index (χ0v) is 19.4. The zero-order chi connectivity index (χ0) is 24.1. The molecule has 0 saturated carbocycles. The van der Waals surface area contributed by atoms with E-state index in [2.05, 4.69) is 15.7 Å². The molecule has 0 spiro atoms. The fraction of sp³-hybridized carbons (Fsp3) is 0.231. The topological polar surface area (TPSA) is 98.1 Å². The number of fused-ring (bicyclic) bond motifs is 1. The van der Waals surface area contributed by atoms with E-state index in [0.29, 0.717) is 34.6 Å². The number of rotatable bonds is 8. The maximum Gasteiger partial charge on any atom is 0.252 e. The van der Waals surface area contributed by atoms with E-state index in [9.17, 15) is 9.59 Å². The van der Waals surface area contributed by atoms with Gasteiger partial charge >= 0.3 is 0 Å². The molecule has 4 rings (SSSR count). The van der Waals surface area contributed by atoms with E-state index in [1.54, 1.807) is 41.2 Å². The molecule has 0 radical (unpaired) electrons. The first-order chi connectivity index (χ1) is 16.5. The Morgan fingerprint density at radius 3 is 2.47 bits per heavy atom. The summed E-state index contributed by atoms with van der Waals surface area (Å²) >= 11 is 0. The highest BCUT2D eigenvalue weighted by Crippen LogP contribution is 2.26. The lowest BCUT2D eigenvalue weighted by Crippen LogP contribution is -2.33. The van der Waals surface area contributed by atoms with Crippen molar-refractivity contribution >= 4 is 28.5 Å².